The molecule has 0 saturated carbocycles. The van der Waals surface area contributed by atoms with Crippen molar-refractivity contribution in [2.24, 2.45) is 0 Å². The zero-order chi connectivity index (χ0) is 18.5. The summed E-state index contributed by atoms with van der Waals surface area (Å²) in [7, 11) is 0. The van der Waals surface area contributed by atoms with Gasteiger partial charge in [0.25, 0.3) is 0 Å². The molecule has 0 unspecified atom stereocenters. The minimum Gasteiger partial charge on any atom is -0.454 e. The molecule has 0 bridgehead atoms. The molecule has 0 aromatic heterocycles. The quantitative estimate of drug-likeness (QED) is 0.472. The highest BCUT2D eigenvalue weighted by molar-refractivity contribution is 5.96. The van der Waals surface area contributed by atoms with E-state index in [4.69, 9.17) is 9.47 Å². The third kappa shape index (κ3) is 6.01. The van der Waals surface area contributed by atoms with Crippen molar-refractivity contribution in [2.45, 2.75) is 19.3 Å². The second-order valence-electron chi connectivity index (χ2n) is 7.11. The summed E-state index contributed by atoms with van der Waals surface area (Å²) in [6.45, 7) is 5.62. The standard InChI is InChI=1S/C22H26N2O3.2ClH/c25-20(18-9-10-21-22(16-18)27-17-26-21)8-4-5-11-23-12-14-24(15-13-23)19-6-2-1-3-7-19;;/h1-3,6-7,9-10,16H,4-5,8,11-15,17H2;2*1H. The van der Waals surface area contributed by atoms with Crippen LogP contribution in [0.2, 0.25) is 0 Å². The maximum atomic E-state index is 12.4. The summed E-state index contributed by atoms with van der Waals surface area (Å²) in [5.74, 6) is 1.58. The summed E-state index contributed by atoms with van der Waals surface area (Å²) in [6.07, 6.45) is 2.57. The summed E-state index contributed by atoms with van der Waals surface area (Å²) >= 11 is 0. The van der Waals surface area contributed by atoms with E-state index in [1.54, 1.807) is 6.07 Å². The van der Waals surface area contributed by atoms with E-state index in [2.05, 4.69) is 40.1 Å². The van der Waals surface area contributed by atoms with Gasteiger partial charge in [-0.1, -0.05) is 18.2 Å². The molecule has 0 amide bonds. The highest BCUT2D eigenvalue weighted by Gasteiger charge is 2.18. The Morgan fingerprint density at radius 3 is 2.34 bits per heavy atom. The lowest BCUT2D eigenvalue weighted by Crippen LogP contribution is -2.46. The number of benzene rings is 2. The number of ketones is 1. The monoisotopic (exact) mass is 438 g/mol. The van der Waals surface area contributed by atoms with Crippen LogP contribution in [0, 0.1) is 0 Å². The van der Waals surface area contributed by atoms with Crippen molar-refractivity contribution in [1.82, 2.24) is 4.90 Å². The van der Waals surface area contributed by atoms with Crippen LogP contribution in [0.1, 0.15) is 29.6 Å². The van der Waals surface area contributed by atoms with E-state index >= 15 is 0 Å². The Hall–Kier alpha value is -1.95. The fourth-order valence-electron chi connectivity index (χ4n) is 3.70. The highest BCUT2D eigenvalue weighted by Crippen LogP contribution is 2.32. The number of anilines is 1. The lowest BCUT2D eigenvalue weighted by Gasteiger charge is -2.36. The number of para-hydroxylation sites is 1. The first kappa shape index (κ1) is 23.3. The van der Waals surface area contributed by atoms with Gasteiger partial charge in [-0.3, -0.25) is 9.69 Å². The molecule has 158 valence electrons. The molecule has 1 saturated heterocycles. The fraction of sp³-hybridized carbons (Fsp3) is 0.409. The molecule has 2 aliphatic rings. The van der Waals surface area contributed by atoms with Crippen molar-refractivity contribution in [2.75, 3.05) is 44.4 Å². The third-order valence-electron chi connectivity index (χ3n) is 5.32. The number of ether oxygens (including phenoxy) is 2. The summed E-state index contributed by atoms with van der Waals surface area (Å²) in [5.41, 5.74) is 2.03. The molecule has 2 aliphatic heterocycles. The first-order valence-corrected chi connectivity index (χ1v) is 9.75. The molecule has 2 heterocycles. The molecule has 0 N–H and O–H groups in total. The molecule has 5 nitrogen and oxygen atoms in total. The van der Waals surface area contributed by atoms with Gasteiger partial charge in [0, 0.05) is 43.9 Å². The number of halogens is 2. The predicted octanol–water partition coefficient (Wildman–Crippen LogP) is 4.43. The number of carbonyl (C=O) groups is 1. The number of Topliss-reactive ketones (excluding diaryl/α,β-unsaturated/α-hetero) is 1. The average molecular weight is 439 g/mol. The van der Waals surface area contributed by atoms with Crippen LogP contribution in [0.4, 0.5) is 5.69 Å². The van der Waals surface area contributed by atoms with Gasteiger partial charge in [-0.15, -0.1) is 24.8 Å². The van der Waals surface area contributed by atoms with Crippen LogP contribution in [-0.4, -0.2) is 50.2 Å². The van der Waals surface area contributed by atoms with Crippen molar-refractivity contribution >= 4 is 36.3 Å². The van der Waals surface area contributed by atoms with E-state index in [-0.39, 0.29) is 37.4 Å². The van der Waals surface area contributed by atoms with Crippen molar-refractivity contribution < 1.29 is 14.3 Å². The number of carbonyl (C=O) groups excluding carboxylic acids is 1. The Morgan fingerprint density at radius 2 is 1.59 bits per heavy atom. The number of unbranched alkanes of at least 4 members (excludes halogenated alkanes) is 1. The molecule has 1 fully saturated rings. The Morgan fingerprint density at radius 1 is 0.862 bits per heavy atom. The Bertz CT molecular complexity index is 781. The summed E-state index contributed by atoms with van der Waals surface area (Å²) in [5, 5.41) is 0. The second kappa shape index (κ2) is 11.3. The SMILES string of the molecule is Cl.Cl.O=C(CCCCN1CCN(c2ccccc2)CC1)c1ccc2c(c1)OCO2. The Balaban J connectivity index is 0.00000150. The minimum absolute atomic E-state index is 0. The third-order valence-corrected chi connectivity index (χ3v) is 5.32. The van der Waals surface area contributed by atoms with Gasteiger partial charge in [-0.05, 0) is 49.7 Å². The van der Waals surface area contributed by atoms with Gasteiger partial charge in [0.1, 0.15) is 0 Å². The van der Waals surface area contributed by atoms with Gasteiger partial charge in [-0.25, -0.2) is 0 Å². The van der Waals surface area contributed by atoms with Crippen LogP contribution in [0.5, 0.6) is 11.5 Å². The maximum Gasteiger partial charge on any atom is 0.231 e. The highest BCUT2D eigenvalue weighted by atomic mass is 35.5. The van der Waals surface area contributed by atoms with Crippen molar-refractivity contribution in [1.29, 1.82) is 0 Å². The molecule has 2 aromatic rings. The number of hydrogen-bond acceptors (Lipinski definition) is 5. The topological polar surface area (TPSA) is 42.0 Å². The minimum atomic E-state index is 0. The van der Waals surface area contributed by atoms with Crippen LogP contribution in [-0.2, 0) is 0 Å². The smallest absolute Gasteiger partial charge is 0.231 e. The van der Waals surface area contributed by atoms with E-state index < -0.39 is 0 Å². The number of hydrogen-bond donors (Lipinski definition) is 0. The first-order chi connectivity index (χ1) is 13.3. The zero-order valence-electron chi connectivity index (χ0n) is 16.4. The normalized spacial score (nSPS) is 15.4. The van der Waals surface area contributed by atoms with Gasteiger partial charge in [0.2, 0.25) is 6.79 Å². The summed E-state index contributed by atoms with van der Waals surface area (Å²) in [6, 6.07) is 16.1. The zero-order valence-corrected chi connectivity index (χ0v) is 18.1. The molecule has 29 heavy (non-hydrogen) atoms. The molecular weight excluding hydrogens is 411 g/mol. The van der Waals surface area contributed by atoms with E-state index in [0.29, 0.717) is 12.2 Å². The number of piperazine rings is 1. The van der Waals surface area contributed by atoms with Gasteiger partial charge >= 0.3 is 0 Å². The molecule has 0 radical (unpaired) electrons. The van der Waals surface area contributed by atoms with Crippen molar-refractivity contribution in [3.63, 3.8) is 0 Å². The molecule has 2 aromatic carbocycles. The molecular formula is C22H28Cl2N2O3. The maximum absolute atomic E-state index is 12.4. The summed E-state index contributed by atoms with van der Waals surface area (Å²) in [4.78, 5) is 17.3. The van der Waals surface area contributed by atoms with Gasteiger partial charge in [0.05, 0.1) is 0 Å². The fourth-order valence-corrected chi connectivity index (χ4v) is 3.70. The predicted molar refractivity (Wildman–Crippen MR) is 120 cm³/mol. The molecule has 7 heteroatoms. The molecule has 0 spiro atoms. The van der Waals surface area contributed by atoms with E-state index in [0.717, 1.165) is 56.9 Å². The average Bonchev–Trinajstić information content (AvgIpc) is 3.20. The number of rotatable bonds is 7. The first-order valence-electron chi connectivity index (χ1n) is 9.75. The van der Waals surface area contributed by atoms with E-state index in [9.17, 15) is 4.79 Å². The van der Waals surface area contributed by atoms with Crippen LogP contribution >= 0.6 is 24.8 Å². The van der Waals surface area contributed by atoms with Crippen molar-refractivity contribution in [3.8, 4) is 11.5 Å². The second-order valence-corrected chi connectivity index (χ2v) is 7.11. The van der Waals surface area contributed by atoms with Crippen LogP contribution in [0.3, 0.4) is 0 Å². The lowest BCUT2D eigenvalue weighted by atomic mass is 10.0. The van der Waals surface area contributed by atoms with Gasteiger partial charge in [0.15, 0.2) is 17.3 Å². The van der Waals surface area contributed by atoms with Crippen molar-refractivity contribution in [3.05, 3.63) is 54.1 Å². The van der Waals surface area contributed by atoms with Crippen LogP contribution in [0.25, 0.3) is 0 Å². The van der Waals surface area contributed by atoms with E-state index in [1.807, 2.05) is 12.1 Å². The molecule has 4 rings (SSSR count). The summed E-state index contributed by atoms with van der Waals surface area (Å²) < 4.78 is 10.6. The number of nitrogens with zero attached hydrogens (tertiary/aromatic N) is 2. The number of fused-ring (bicyclic) bond motifs is 1. The molecule has 0 aliphatic carbocycles. The lowest BCUT2D eigenvalue weighted by molar-refractivity contribution is 0.0977. The Labute approximate surface area is 184 Å². The van der Waals surface area contributed by atoms with Gasteiger partial charge < -0.3 is 14.4 Å². The molecule has 0 atom stereocenters. The van der Waals surface area contributed by atoms with E-state index in [1.165, 1.54) is 5.69 Å². The van der Waals surface area contributed by atoms with Crippen LogP contribution < -0.4 is 14.4 Å². The van der Waals surface area contributed by atoms with Crippen LogP contribution in [0.15, 0.2) is 48.5 Å². The van der Waals surface area contributed by atoms with Gasteiger partial charge in [-0.2, -0.15) is 0 Å². The largest absolute Gasteiger partial charge is 0.454 e. The Kier molecular flexibility index (Phi) is 9.08.